The SMILES string of the molecule is CN(CCC(=O)O)C(=O)CCc1cc(Cl)ccc1Br. The lowest BCUT2D eigenvalue weighted by molar-refractivity contribution is -0.138. The number of halogens is 2. The minimum atomic E-state index is -0.905. The van der Waals surface area contributed by atoms with Gasteiger partial charge in [-0.3, -0.25) is 9.59 Å². The second kappa shape index (κ2) is 7.50. The van der Waals surface area contributed by atoms with Gasteiger partial charge in [-0.25, -0.2) is 0 Å². The summed E-state index contributed by atoms with van der Waals surface area (Å²) in [6.45, 7) is 0.227. The van der Waals surface area contributed by atoms with Crippen molar-refractivity contribution in [2.75, 3.05) is 13.6 Å². The van der Waals surface area contributed by atoms with E-state index in [1.54, 1.807) is 13.1 Å². The standard InChI is InChI=1S/C13H15BrClNO3/c1-16(7-6-13(18)19)12(17)5-2-9-8-10(15)3-4-11(9)14/h3-4,8H,2,5-7H2,1H3,(H,18,19). The quantitative estimate of drug-likeness (QED) is 0.860. The second-order valence-corrected chi connectivity index (χ2v) is 5.49. The van der Waals surface area contributed by atoms with E-state index in [-0.39, 0.29) is 18.9 Å². The number of benzene rings is 1. The van der Waals surface area contributed by atoms with Crippen LogP contribution in [0.15, 0.2) is 22.7 Å². The monoisotopic (exact) mass is 347 g/mol. The van der Waals surface area contributed by atoms with Crippen molar-refractivity contribution in [3.63, 3.8) is 0 Å². The Morgan fingerprint density at radius 1 is 1.37 bits per heavy atom. The predicted octanol–water partition coefficient (Wildman–Crippen LogP) is 2.97. The maximum Gasteiger partial charge on any atom is 0.305 e. The first kappa shape index (κ1) is 16.0. The van der Waals surface area contributed by atoms with E-state index in [1.807, 2.05) is 12.1 Å². The van der Waals surface area contributed by atoms with Gasteiger partial charge < -0.3 is 10.0 Å². The Morgan fingerprint density at radius 2 is 2.05 bits per heavy atom. The molecule has 6 heteroatoms. The molecule has 0 aliphatic heterocycles. The average Bonchev–Trinajstić information content (AvgIpc) is 2.36. The highest BCUT2D eigenvalue weighted by molar-refractivity contribution is 9.10. The Morgan fingerprint density at radius 3 is 2.68 bits per heavy atom. The number of carbonyl (C=O) groups is 2. The molecule has 19 heavy (non-hydrogen) atoms. The Bertz CT molecular complexity index is 479. The molecule has 104 valence electrons. The summed E-state index contributed by atoms with van der Waals surface area (Å²) in [5.41, 5.74) is 0.965. The van der Waals surface area contributed by atoms with Crippen molar-refractivity contribution in [2.45, 2.75) is 19.3 Å². The maximum absolute atomic E-state index is 11.8. The Labute approximate surface area is 125 Å². The Hall–Kier alpha value is -1.07. The Balaban J connectivity index is 2.49. The molecule has 1 amide bonds. The van der Waals surface area contributed by atoms with Crippen LogP contribution in [0.4, 0.5) is 0 Å². The fourth-order valence-corrected chi connectivity index (χ4v) is 2.19. The smallest absolute Gasteiger partial charge is 0.305 e. The van der Waals surface area contributed by atoms with Crippen LogP contribution in [0.25, 0.3) is 0 Å². The third-order valence-corrected chi connectivity index (χ3v) is 3.71. The van der Waals surface area contributed by atoms with Crippen LogP contribution in [-0.4, -0.2) is 35.5 Å². The van der Waals surface area contributed by atoms with Crippen molar-refractivity contribution in [2.24, 2.45) is 0 Å². The van der Waals surface area contributed by atoms with Crippen molar-refractivity contribution in [3.8, 4) is 0 Å². The van der Waals surface area contributed by atoms with Gasteiger partial charge in [0.1, 0.15) is 0 Å². The molecule has 0 aliphatic rings. The van der Waals surface area contributed by atoms with Crippen LogP contribution >= 0.6 is 27.5 Å². The van der Waals surface area contributed by atoms with Crippen molar-refractivity contribution < 1.29 is 14.7 Å². The van der Waals surface area contributed by atoms with Crippen LogP contribution in [0.2, 0.25) is 5.02 Å². The highest BCUT2D eigenvalue weighted by Gasteiger charge is 2.11. The summed E-state index contributed by atoms with van der Waals surface area (Å²) < 4.78 is 0.915. The van der Waals surface area contributed by atoms with E-state index in [4.69, 9.17) is 16.7 Å². The third kappa shape index (κ3) is 5.61. The number of amides is 1. The zero-order valence-electron chi connectivity index (χ0n) is 10.5. The number of aliphatic carboxylic acids is 1. The number of hydrogen-bond donors (Lipinski definition) is 1. The highest BCUT2D eigenvalue weighted by atomic mass is 79.9. The predicted molar refractivity (Wildman–Crippen MR) is 77.4 cm³/mol. The fraction of sp³-hybridized carbons (Fsp3) is 0.385. The molecule has 0 atom stereocenters. The molecule has 0 fully saturated rings. The molecule has 1 aromatic carbocycles. The summed E-state index contributed by atoms with van der Waals surface area (Å²) >= 11 is 9.30. The van der Waals surface area contributed by atoms with Gasteiger partial charge in [0.05, 0.1) is 6.42 Å². The summed E-state index contributed by atoms with van der Waals surface area (Å²) in [6.07, 6.45) is 0.857. The van der Waals surface area contributed by atoms with Crippen molar-refractivity contribution >= 4 is 39.4 Å². The summed E-state index contributed by atoms with van der Waals surface area (Å²) in [5.74, 6) is -0.981. The molecule has 0 heterocycles. The molecule has 0 spiro atoms. The number of carboxylic acid groups (broad SMARTS) is 1. The molecular formula is C13H15BrClNO3. The number of carboxylic acids is 1. The minimum absolute atomic E-state index is 0.0386. The van der Waals surface area contributed by atoms with Crippen molar-refractivity contribution in [3.05, 3.63) is 33.3 Å². The van der Waals surface area contributed by atoms with E-state index >= 15 is 0 Å². The molecule has 0 bridgehead atoms. The van der Waals surface area contributed by atoms with E-state index in [9.17, 15) is 9.59 Å². The lowest BCUT2D eigenvalue weighted by atomic mass is 10.1. The van der Waals surface area contributed by atoms with Crippen LogP contribution in [0.5, 0.6) is 0 Å². The molecule has 0 unspecified atom stereocenters. The molecule has 4 nitrogen and oxygen atoms in total. The normalized spacial score (nSPS) is 10.3. The van der Waals surface area contributed by atoms with Gasteiger partial charge in [0.25, 0.3) is 0 Å². The summed E-state index contributed by atoms with van der Waals surface area (Å²) in [6, 6.07) is 5.43. The lowest BCUT2D eigenvalue weighted by Gasteiger charge is -2.16. The number of hydrogen-bond acceptors (Lipinski definition) is 2. The molecule has 0 saturated heterocycles. The number of aryl methyl sites for hydroxylation is 1. The summed E-state index contributed by atoms with van der Waals surface area (Å²) in [4.78, 5) is 23.7. The largest absolute Gasteiger partial charge is 0.481 e. The van der Waals surface area contributed by atoms with Crippen LogP contribution in [0.3, 0.4) is 0 Å². The zero-order chi connectivity index (χ0) is 14.4. The van der Waals surface area contributed by atoms with E-state index in [1.165, 1.54) is 4.90 Å². The number of carbonyl (C=O) groups excluding carboxylic acids is 1. The van der Waals surface area contributed by atoms with Crippen molar-refractivity contribution in [1.82, 2.24) is 4.90 Å². The van der Waals surface area contributed by atoms with E-state index in [0.717, 1.165) is 10.0 Å². The molecule has 0 aliphatic carbocycles. The molecule has 1 rings (SSSR count). The minimum Gasteiger partial charge on any atom is -0.481 e. The zero-order valence-corrected chi connectivity index (χ0v) is 12.9. The van der Waals surface area contributed by atoms with Gasteiger partial charge in [0.2, 0.25) is 5.91 Å². The van der Waals surface area contributed by atoms with Crippen molar-refractivity contribution in [1.29, 1.82) is 0 Å². The fourth-order valence-electron chi connectivity index (χ4n) is 1.56. The third-order valence-electron chi connectivity index (χ3n) is 2.70. The lowest BCUT2D eigenvalue weighted by Crippen LogP contribution is -2.29. The number of rotatable bonds is 6. The molecule has 0 radical (unpaired) electrons. The summed E-state index contributed by atoms with van der Waals surface area (Å²) in [7, 11) is 1.61. The van der Waals surface area contributed by atoms with Crippen LogP contribution in [0.1, 0.15) is 18.4 Å². The van der Waals surface area contributed by atoms with Gasteiger partial charge in [-0.1, -0.05) is 27.5 Å². The molecule has 1 aromatic rings. The van der Waals surface area contributed by atoms with Gasteiger partial charge in [-0.05, 0) is 30.2 Å². The second-order valence-electron chi connectivity index (χ2n) is 4.19. The highest BCUT2D eigenvalue weighted by Crippen LogP contribution is 2.22. The van der Waals surface area contributed by atoms with Gasteiger partial charge in [0.15, 0.2) is 0 Å². The molecule has 0 saturated carbocycles. The topological polar surface area (TPSA) is 57.6 Å². The van der Waals surface area contributed by atoms with Crippen LogP contribution in [0, 0.1) is 0 Å². The van der Waals surface area contributed by atoms with Gasteiger partial charge in [0, 0.05) is 29.5 Å². The van der Waals surface area contributed by atoms with Gasteiger partial charge >= 0.3 is 5.97 Å². The first-order valence-corrected chi connectivity index (χ1v) is 6.97. The van der Waals surface area contributed by atoms with E-state index in [0.29, 0.717) is 17.9 Å². The van der Waals surface area contributed by atoms with E-state index < -0.39 is 5.97 Å². The molecule has 1 N–H and O–H groups in total. The van der Waals surface area contributed by atoms with Gasteiger partial charge in [-0.15, -0.1) is 0 Å². The average molecular weight is 349 g/mol. The van der Waals surface area contributed by atoms with Crippen LogP contribution in [-0.2, 0) is 16.0 Å². The van der Waals surface area contributed by atoms with Crippen LogP contribution < -0.4 is 0 Å². The summed E-state index contributed by atoms with van der Waals surface area (Å²) in [5, 5.41) is 9.19. The Kier molecular flexibility index (Phi) is 6.31. The van der Waals surface area contributed by atoms with E-state index in [2.05, 4.69) is 15.9 Å². The molecule has 0 aromatic heterocycles. The van der Waals surface area contributed by atoms with Gasteiger partial charge in [-0.2, -0.15) is 0 Å². The maximum atomic E-state index is 11.8. The first-order chi connectivity index (χ1) is 8.90. The number of nitrogens with zero attached hydrogens (tertiary/aromatic N) is 1. The first-order valence-electron chi connectivity index (χ1n) is 5.80. The molecular weight excluding hydrogens is 334 g/mol.